The summed E-state index contributed by atoms with van der Waals surface area (Å²) in [6, 6.07) is 4.50. The van der Waals surface area contributed by atoms with Crippen LogP contribution in [-0.4, -0.2) is 23.5 Å². The number of amides is 2. The standard InChI is InChI=1S/C11H11ClN2O3/c12-8-2-1-7(4-9(8)15)14-5-6(11(13)17)3-10(14)16/h1-2,4,6,15H,3,5H2,(H2,13,17). The summed E-state index contributed by atoms with van der Waals surface area (Å²) in [5.74, 6) is -1.24. The van der Waals surface area contributed by atoms with Crippen molar-refractivity contribution < 1.29 is 14.7 Å². The van der Waals surface area contributed by atoms with Crippen molar-refractivity contribution in [1.29, 1.82) is 0 Å². The maximum atomic E-state index is 11.7. The molecule has 0 aliphatic carbocycles. The molecule has 2 amide bonds. The highest BCUT2D eigenvalue weighted by molar-refractivity contribution is 6.32. The van der Waals surface area contributed by atoms with Crippen molar-refractivity contribution in [1.82, 2.24) is 0 Å². The lowest BCUT2D eigenvalue weighted by atomic mass is 10.1. The number of carbonyl (C=O) groups excluding carboxylic acids is 2. The van der Waals surface area contributed by atoms with Crippen molar-refractivity contribution in [2.75, 3.05) is 11.4 Å². The molecule has 1 aliphatic rings. The first-order valence-corrected chi connectivity index (χ1v) is 5.45. The minimum atomic E-state index is -0.487. The molecule has 1 aromatic carbocycles. The molecule has 1 aromatic rings. The Kier molecular flexibility index (Phi) is 2.93. The van der Waals surface area contributed by atoms with E-state index in [1.165, 1.54) is 17.0 Å². The van der Waals surface area contributed by atoms with E-state index in [-0.39, 0.29) is 29.6 Å². The van der Waals surface area contributed by atoms with Crippen molar-refractivity contribution in [2.45, 2.75) is 6.42 Å². The van der Waals surface area contributed by atoms with E-state index in [1.807, 2.05) is 0 Å². The van der Waals surface area contributed by atoms with E-state index in [0.717, 1.165) is 0 Å². The summed E-state index contributed by atoms with van der Waals surface area (Å²) in [5, 5.41) is 9.67. The number of halogens is 1. The Morgan fingerprint density at radius 2 is 2.24 bits per heavy atom. The molecule has 1 unspecified atom stereocenters. The molecule has 2 rings (SSSR count). The van der Waals surface area contributed by atoms with Gasteiger partial charge >= 0.3 is 0 Å². The quantitative estimate of drug-likeness (QED) is 0.822. The van der Waals surface area contributed by atoms with E-state index >= 15 is 0 Å². The number of carbonyl (C=O) groups is 2. The molecule has 0 bridgehead atoms. The number of hydrogen-bond donors (Lipinski definition) is 2. The van der Waals surface area contributed by atoms with E-state index in [4.69, 9.17) is 17.3 Å². The van der Waals surface area contributed by atoms with Crippen LogP contribution < -0.4 is 10.6 Å². The number of phenols is 1. The molecule has 0 radical (unpaired) electrons. The Morgan fingerprint density at radius 1 is 1.53 bits per heavy atom. The van der Waals surface area contributed by atoms with E-state index in [2.05, 4.69) is 0 Å². The first-order valence-electron chi connectivity index (χ1n) is 5.07. The zero-order chi connectivity index (χ0) is 12.6. The topological polar surface area (TPSA) is 83.6 Å². The first-order chi connectivity index (χ1) is 7.99. The second-order valence-electron chi connectivity index (χ2n) is 3.94. The molecule has 1 saturated heterocycles. The minimum Gasteiger partial charge on any atom is -0.506 e. The Balaban J connectivity index is 2.26. The molecule has 1 aliphatic heterocycles. The van der Waals surface area contributed by atoms with E-state index in [9.17, 15) is 14.7 Å². The molecule has 3 N–H and O–H groups in total. The monoisotopic (exact) mass is 254 g/mol. The summed E-state index contributed by atoms with van der Waals surface area (Å²) in [6.07, 6.45) is 0.110. The van der Waals surface area contributed by atoms with E-state index in [0.29, 0.717) is 5.69 Å². The molecule has 90 valence electrons. The number of hydrogen-bond acceptors (Lipinski definition) is 3. The van der Waals surface area contributed by atoms with Gasteiger partial charge in [-0.1, -0.05) is 11.6 Å². The number of nitrogens with zero attached hydrogens (tertiary/aromatic N) is 1. The molecule has 0 spiro atoms. The van der Waals surface area contributed by atoms with Crippen LogP contribution in [0.1, 0.15) is 6.42 Å². The summed E-state index contributed by atoms with van der Waals surface area (Å²) < 4.78 is 0. The van der Waals surface area contributed by atoms with Crippen LogP contribution in [0.4, 0.5) is 5.69 Å². The van der Waals surface area contributed by atoms with Gasteiger partial charge in [0, 0.05) is 24.7 Å². The Labute approximate surface area is 103 Å². The number of nitrogens with two attached hydrogens (primary N) is 1. The number of anilines is 1. The van der Waals surface area contributed by atoms with Crippen LogP contribution in [0.2, 0.25) is 5.02 Å². The van der Waals surface area contributed by atoms with E-state index < -0.39 is 11.8 Å². The zero-order valence-electron chi connectivity index (χ0n) is 8.89. The second kappa shape index (κ2) is 4.25. The summed E-state index contributed by atoms with van der Waals surface area (Å²) in [4.78, 5) is 24.1. The van der Waals surface area contributed by atoms with Crippen LogP contribution in [0.3, 0.4) is 0 Å². The largest absolute Gasteiger partial charge is 0.506 e. The molecule has 1 atom stereocenters. The SMILES string of the molecule is NC(=O)C1CC(=O)N(c2ccc(Cl)c(O)c2)C1. The van der Waals surface area contributed by atoms with Crippen LogP contribution in [0.15, 0.2) is 18.2 Å². The normalized spacial score (nSPS) is 19.7. The fraction of sp³-hybridized carbons (Fsp3) is 0.273. The Bertz CT molecular complexity index is 490. The average molecular weight is 255 g/mol. The van der Waals surface area contributed by atoms with Gasteiger partial charge in [-0.05, 0) is 12.1 Å². The molecule has 0 saturated carbocycles. The zero-order valence-corrected chi connectivity index (χ0v) is 9.65. The third-order valence-electron chi connectivity index (χ3n) is 2.77. The Hall–Kier alpha value is -1.75. The predicted octanol–water partition coefficient (Wildman–Crippen LogP) is 0.884. The highest BCUT2D eigenvalue weighted by atomic mass is 35.5. The van der Waals surface area contributed by atoms with Gasteiger partial charge in [-0.15, -0.1) is 0 Å². The maximum Gasteiger partial charge on any atom is 0.227 e. The Morgan fingerprint density at radius 3 is 2.76 bits per heavy atom. The molecule has 1 heterocycles. The van der Waals surface area contributed by atoms with Crippen LogP contribution in [0, 0.1) is 5.92 Å². The number of rotatable bonds is 2. The van der Waals surface area contributed by atoms with Gasteiger partial charge in [-0.25, -0.2) is 0 Å². The number of benzene rings is 1. The van der Waals surface area contributed by atoms with Gasteiger partial charge in [0.2, 0.25) is 11.8 Å². The molecule has 17 heavy (non-hydrogen) atoms. The van der Waals surface area contributed by atoms with Crippen LogP contribution in [0.5, 0.6) is 5.75 Å². The van der Waals surface area contributed by atoms with Gasteiger partial charge in [0.1, 0.15) is 5.75 Å². The summed E-state index contributed by atoms with van der Waals surface area (Å²) in [6.45, 7) is 0.245. The average Bonchev–Trinajstić information content (AvgIpc) is 2.65. The van der Waals surface area contributed by atoms with Crippen molar-refractivity contribution in [3.05, 3.63) is 23.2 Å². The third-order valence-corrected chi connectivity index (χ3v) is 3.09. The molecule has 6 heteroatoms. The van der Waals surface area contributed by atoms with Gasteiger partial charge < -0.3 is 15.7 Å². The van der Waals surface area contributed by atoms with Gasteiger partial charge in [-0.3, -0.25) is 9.59 Å². The van der Waals surface area contributed by atoms with Crippen molar-refractivity contribution >= 4 is 29.1 Å². The summed E-state index contributed by atoms with van der Waals surface area (Å²) in [5.41, 5.74) is 5.68. The summed E-state index contributed by atoms with van der Waals surface area (Å²) >= 11 is 5.68. The molecule has 1 fully saturated rings. The van der Waals surface area contributed by atoms with Crippen LogP contribution >= 0.6 is 11.6 Å². The van der Waals surface area contributed by atoms with Crippen molar-refractivity contribution in [3.8, 4) is 5.75 Å². The van der Waals surface area contributed by atoms with Crippen molar-refractivity contribution in [2.24, 2.45) is 11.7 Å². The van der Waals surface area contributed by atoms with Crippen molar-refractivity contribution in [3.63, 3.8) is 0 Å². The van der Waals surface area contributed by atoms with Gasteiger partial charge in [0.15, 0.2) is 0 Å². The van der Waals surface area contributed by atoms with Gasteiger partial charge in [0.05, 0.1) is 10.9 Å². The maximum absolute atomic E-state index is 11.7. The van der Waals surface area contributed by atoms with Gasteiger partial charge in [0.25, 0.3) is 0 Å². The fourth-order valence-corrected chi connectivity index (χ4v) is 1.93. The minimum absolute atomic E-state index is 0.0977. The summed E-state index contributed by atoms with van der Waals surface area (Å²) in [7, 11) is 0. The second-order valence-corrected chi connectivity index (χ2v) is 4.35. The van der Waals surface area contributed by atoms with Gasteiger partial charge in [-0.2, -0.15) is 0 Å². The lowest BCUT2D eigenvalue weighted by Gasteiger charge is -2.16. The predicted molar refractivity (Wildman–Crippen MR) is 62.8 cm³/mol. The van der Waals surface area contributed by atoms with Crippen LogP contribution in [0.25, 0.3) is 0 Å². The fourth-order valence-electron chi connectivity index (χ4n) is 1.82. The third kappa shape index (κ3) is 2.19. The highest BCUT2D eigenvalue weighted by Gasteiger charge is 2.34. The lowest BCUT2D eigenvalue weighted by molar-refractivity contribution is -0.123. The van der Waals surface area contributed by atoms with Crippen LogP contribution in [-0.2, 0) is 9.59 Å². The first kappa shape index (κ1) is 11.7. The number of primary amides is 1. The highest BCUT2D eigenvalue weighted by Crippen LogP contribution is 2.31. The number of phenolic OH excluding ortho intramolecular Hbond substituents is 1. The molecule has 0 aromatic heterocycles. The number of aromatic hydroxyl groups is 1. The molecular formula is C11H11ClN2O3. The van der Waals surface area contributed by atoms with E-state index in [1.54, 1.807) is 6.07 Å². The molecule has 5 nitrogen and oxygen atoms in total. The lowest BCUT2D eigenvalue weighted by Crippen LogP contribution is -2.28. The smallest absolute Gasteiger partial charge is 0.227 e. The molecular weight excluding hydrogens is 244 g/mol.